The van der Waals surface area contributed by atoms with Crippen molar-refractivity contribution in [2.24, 2.45) is 5.92 Å². The number of aromatic nitrogens is 1. The van der Waals surface area contributed by atoms with Crippen molar-refractivity contribution in [1.82, 2.24) is 9.71 Å². The molecule has 0 bridgehead atoms. The fraction of sp³-hybridized carbons (Fsp3) is 0.571. The molecular formula is C14H18F2N2O4S. The third-order valence-corrected chi connectivity index (χ3v) is 5.01. The van der Waals surface area contributed by atoms with Crippen molar-refractivity contribution in [2.45, 2.75) is 43.4 Å². The Labute approximate surface area is 133 Å². The number of nitrogens with zero attached hydrogens (tertiary/aromatic N) is 1. The molecule has 23 heavy (non-hydrogen) atoms. The lowest BCUT2D eigenvalue weighted by Crippen LogP contribution is -2.34. The lowest BCUT2D eigenvalue weighted by molar-refractivity contribution is -0.123. The van der Waals surface area contributed by atoms with E-state index in [1.54, 1.807) is 6.92 Å². The van der Waals surface area contributed by atoms with Crippen molar-refractivity contribution in [2.75, 3.05) is 6.61 Å². The van der Waals surface area contributed by atoms with E-state index in [1.807, 2.05) is 4.72 Å². The summed E-state index contributed by atoms with van der Waals surface area (Å²) in [6, 6.07) is 2.59. The third-order valence-electron chi connectivity index (χ3n) is 3.65. The van der Waals surface area contributed by atoms with Crippen LogP contribution in [0.5, 0.6) is 5.88 Å². The van der Waals surface area contributed by atoms with Crippen molar-refractivity contribution < 1.29 is 26.7 Å². The lowest BCUT2D eigenvalue weighted by Gasteiger charge is -2.18. The van der Waals surface area contributed by atoms with E-state index in [1.165, 1.54) is 12.1 Å². The van der Waals surface area contributed by atoms with Crippen molar-refractivity contribution in [3.8, 4) is 5.88 Å². The Morgan fingerprint density at radius 3 is 2.74 bits per heavy atom. The summed E-state index contributed by atoms with van der Waals surface area (Å²) in [6.45, 7) is 2.14. The molecule has 1 heterocycles. The van der Waals surface area contributed by atoms with E-state index < -0.39 is 34.2 Å². The molecule has 1 aromatic heterocycles. The molecule has 0 radical (unpaired) electrons. The highest BCUT2D eigenvalue weighted by molar-refractivity contribution is 7.90. The molecule has 2 rings (SSSR count). The van der Waals surface area contributed by atoms with Gasteiger partial charge >= 0.3 is 0 Å². The fourth-order valence-corrected chi connectivity index (χ4v) is 3.42. The molecule has 1 unspecified atom stereocenters. The molecule has 1 atom stereocenters. The zero-order valence-corrected chi connectivity index (χ0v) is 13.4. The minimum Gasteiger partial charge on any atom is -0.478 e. The normalized spacial score (nSPS) is 20.2. The fourth-order valence-electron chi connectivity index (χ4n) is 2.48. The third kappa shape index (κ3) is 4.37. The second-order valence-electron chi connectivity index (χ2n) is 5.35. The average Bonchev–Trinajstić information content (AvgIpc) is 2.78. The zero-order valence-electron chi connectivity index (χ0n) is 12.6. The maximum absolute atomic E-state index is 13.5. The summed E-state index contributed by atoms with van der Waals surface area (Å²) in [5.74, 6) is -4.72. The Hall–Kier alpha value is -1.77. The van der Waals surface area contributed by atoms with Gasteiger partial charge in [0.25, 0.3) is 15.9 Å². The van der Waals surface area contributed by atoms with E-state index in [2.05, 4.69) is 4.98 Å². The van der Waals surface area contributed by atoms with Gasteiger partial charge in [-0.2, -0.15) is 0 Å². The van der Waals surface area contributed by atoms with Crippen LogP contribution < -0.4 is 9.46 Å². The quantitative estimate of drug-likeness (QED) is 0.851. The highest BCUT2D eigenvalue weighted by Gasteiger charge is 2.44. The molecule has 0 spiro atoms. The molecule has 0 aromatic carbocycles. The first-order valence-corrected chi connectivity index (χ1v) is 8.75. The number of hydrogen-bond acceptors (Lipinski definition) is 5. The first-order valence-electron chi connectivity index (χ1n) is 7.27. The van der Waals surface area contributed by atoms with Crippen LogP contribution >= 0.6 is 0 Å². The van der Waals surface area contributed by atoms with Crippen molar-refractivity contribution in [3.05, 3.63) is 18.3 Å². The van der Waals surface area contributed by atoms with Gasteiger partial charge < -0.3 is 4.74 Å². The van der Waals surface area contributed by atoms with Gasteiger partial charge in [0, 0.05) is 24.8 Å². The molecule has 1 fully saturated rings. The summed E-state index contributed by atoms with van der Waals surface area (Å²) in [6.07, 6.45) is 0.813. The number of pyridine rings is 1. The van der Waals surface area contributed by atoms with Gasteiger partial charge in [0.05, 0.1) is 12.8 Å². The topological polar surface area (TPSA) is 85.4 Å². The van der Waals surface area contributed by atoms with Crippen molar-refractivity contribution in [1.29, 1.82) is 0 Å². The van der Waals surface area contributed by atoms with E-state index in [4.69, 9.17) is 4.74 Å². The predicted molar refractivity (Wildman–Crippen MR) is 77.6 cm³/mol. The summed E-state index contributed by atoms with van der Waals surface area (Å²) in [7, 11) is -4.13. The standard InChI is InChI=1S/C14H18F2N2O4S/c1-2-22-13-6-5-11(9-17-13)23(20,21)18-12(19)8-10-4-3-7-14(10,15)16/h5-6,9-10H,2-4,7-8H2,1H3,(H,18,19). The van der Waals surface area contributed by atoms with Gasteiger partial charge in [-0.1, -0.05) is 0 Å². The van der Waals surface area contributed by atoms with E-state index in [-0.39, 0.29) is 23.6 Å². The molecule has 9 heteroatoms. The van der Waals surface area contributed by atoms with E-state index in [9.17, 15) is 22.0 Å². The van der Waals surface area contributed by atoms with E-state index in [0.29, 0.717) is 13.0 Å². The molecule has 0 aliphatic heterocycles. The first-order chi connectivity index (χ1) is 10.7. The number of alkyl halides is 2. The first kappa shape index (κ1) is 17.6. The largest absolute Gasteiger partial charge is 0.478 e. The van der Waals surface area contributed by atoms with Crippen LogP contribution in [0.3, 0.4) is 0 Å². The highest BCUT2D eigenvalue weighted by atomic mass is 32.2. The number of sulfonamides is 1. The summed E-state index contributed by atoms with van der Waals surface area (Å²) in [5, 5.41) is 0. The van der Waals surface area contributed by atoms with E-state index in [0.717, 1.165) is 6.20 Å². The SMILES string of the molecule is CCOc1ccc(S(=O)(=O)NC(=O)CC2CCCC2(F)F)cn1. The maximum Gasteiger partial charge on any atom is 0.265 e. The second-order valence-corrected chi connectivity index (χ2v) is 7.03. The minimum atomic E-state index is -4.13. The zero-order chi connectivity index (χ0) is 17.1. The predicted octanol–water partition coefficient (Wildman–Crippen LogP) is 2.11. The molecule has 6 nitrogen and oxygen atoms in total. The van der Waals surface area contributed by atoms with Crippen LogP contribution in [0, 0.1) is 5.92 Å². The molecule has 1 aliphatic rings. The van der Waals surface area contributed by atoms with E-state index >= 15 is 0 Å². The molecule has 1 aliphatic carbocycles. The molecule has 1 aromatic rings. The van der Waals surface area contributed by atoms with Crippen LogP contribution in [0.25, 0.3) is 0 Å². The van der Waals surface area contributed by atoms with Crippen molar-refractivity contribution >= 4 is 15.9 Å². The molecule has 1 saturated carbocycles. The Morgan fingerprint density at radius 2 is 2.22 bits per heavy atom. The smallest absolute Gasteiger partial charge is 0.265 e. The number of nitrogens with one attached hydrogen (secondary N) is 1. The number of hydrogen-bond donors (Lipinski definition) is 1. The van der Waals surface area contributed by atoms with Gasteiger partial charge in [-0.25, -0.2) is 26.9 Å². The second kappa shape index (κ2) is 6.77. The molecule has 0 saturated heterocycles. The Bertz CT molecular complexity index is 662. The number of carbonyl (C=O) groups is 1. The maximum atomic E-state index is 13.5. The number of halogens is 2. The van der Waals surface area contributed by atoms with Crippen molar-refractivity contribution in [3.63, 3.8) is 0 Å². The van der Waals surface area contributed by atoms with Gasteiger partial charge in [0.15, 0.2) is 0 Å². The van der Waals surface area contributed by atoms with Crippen LogP contribution in [0.15, 0.2) is 23.2 Å². The van der Waals surface area contributed by atoms with Crippen LogP contribution in [0.2, 0.25) is 0 Å². The summed E-state index contributed by atoms with van der Waals surface area (Å²) in [5.41, 5.74) is 0. The molecule has 1 amide bonds. The summed E-state index contributed by atoms with van der Waals surface area (Å²) in [4.78, 5) is 15.3. The Kier molecular flexibility index (Phi) is 5.18. The highest BCUT2D eigenvalue weighted by Crippen LogP contribution is 2.42. The summed E-state index contributed by atoms with van der Waals surface area (Å²) >= 11 is 0. The number of ether oxygens (including phenoxy) is 1. The molecule has 1 N–H and O–H groups in total. The molecule has 128 valence electrons. The van der Waals surface area contributed by atoms with Gasteiger partial charge in [0.2, 0.25) is 11.8 Å². The monoisotopic (exact) mass is 348 g/mol. The minimum absolute atomic E-state index is 0.213. The van der Waals surface area contributed by atoms with Gasteiger partial charge in [-0.05, 0) is 25.8 Å². The number of amides is 1. The Balaban J connectivity index is 2.01. The van der Waals surface area contributed by atoms with Crippen LogP contribution in [-0.2, 0) is 14.8 Å². The average molecular weight is 348 g/mol. The number of carbonyl (C=O) groups excluding carboxylic acids is 1. The van der Waals surface area contributed by atoms with Crippen LogP contribution in [0.4, 0.5) is 8.78 Å². The molecular weight excluding hydrogens is 330 g/mol. The van der Waals surface area contributed by atoms with Crippen LogP contribution in [-0.4, -0.2) is 31.8 Å². The van der Waals surface area contributed by atoms with Gasteiger partial charge in [-0.3, -0.25) is 4.79 Å². The van der Waals surface area contributed by atoms with Gasteiger partial charge in [-0.15, -0.1) is 0 Å². The number of rotatable bonds is 6. The Morgan fingerprint density at radius 1 is 1.48 bits per heavy atom. The van der Waals surface area contributed by atoms with Gasteiger partial charge in [0.1, 0.15) is 4.90 Å². The lowest BCUT2D eigenvalue weighted by atomic mass is 10.0. The summed E-state index contributed by atoms with van der Waals surface area (Å²) < 4.78 is 58.0. The van der Waals surface area contributed by atoms with Crippen LogP contribution in [0.1, 0.15) is 32.6 Å².